The Morgan fingerprint density at radius 1 is 1.00 bits per heavy atom. The number of hydrogen-bond acceptors (Lipinski definition) is 3. The summed E-state index contributed by atoms with van der Waals surface area (Å²) in [4.78, 5) is 15.0. The van der Waals surface area contributed by atoms with E-state index in [-0.39, 0.29) is 6.03 Å². The molecule has 1 heterocycles. The predicted molar refractivity (Wildman–Crippen MR) is 128 cm³/mol. The van der Waals surface area contributed by atoms with Crippen LogP contribution in [0.15, 0.2) is 6.07 Å². The van der Waals surface area contributed by atoms with Gasteiger partial charge in [0.05, 0.1) is 0 Å². The van der Waals surface area contributed by atoms with Gasteiger partial charge in [-0.3, -0.25) is 4.72 Å². The van der Waals surface area contributed by atoms with Crippen LogP contribution in [0.3, 0.4) is 0 Å². The van der Waals surface area contributed by atoms with Crippen LogP contribution in [-0.4, -0.2) is 35.8 Å². The van der Waals surface area contributed by atoms with Crippen molar-refractivity contribution in [2.24, 2.45) is 0 Å². The molecule has 0 radical (unpaired) electrons. The molecule has 0 atom stereocenters. The molecule has 5 heteroatoms. The topological polar surface area (TPSA) is 44.4 Å². The zero-order valence-corrected chi connectivity index (χ0v) is 20.0. The number of hydrogen-bond donors (Lipinski definition) is 2. The quantitative estimate of drug-likeness (QED) is 0.591. The number of urea groups is 1. The highest BCUT2D eigenvalue weighted by molar-refractivity contribution is 7.98. The summed E-state index contributed by atoms with van der Waals surface area (Å²) in [5.41, 5.74) is 6.88. The smallest absolute Gasteiger partial charge is 0.307 e. The van der Waals surface area contributed by atoms with Crippen LogP contribution < -0.4 is 10.0 Å². The number of rotatable bonds is 4. The van der Waals surface area contributed by atoms with Crippen LogP contribution in [0.2, 0.25) is 0 Å². The van der Waals surface area contributed by atoms with E-state index < -0.39 is 0 Å². The number of fused-ring (bicyclic) bond motifs is 2. The summed E-state index contributed by atoms with van der Waals surface area (Å²) < 4.78 is 3.06. The van der Waals surface area contributed by atoms with Gasteiger partial charge in [-0.1, -0.05) is 40.7 Å². The van der Waals surface area contributed by atoms with Gasteiger partial charge in [0.1, 0.15) is 0 Å². The van der Waals surface area contributed by atoms with Crippen molar-refractivity contribution in [1.82, 2.24) is 9.62 Å². The summed E-state index contributed by atoms with van der Waals surface area (Å²) in [6, 6.07) is 2.36. The molecule has 2 aliphatic carbocycles. The Kier molecular flexibility index (Phi) is 10.4. The van der Waals surface area contributed by atoms with Crippen LogP contribution in [0.4, 0.5) is 10.5 Å². The largest absolute Gasteiger partial charge is 0.329 e. The second kappa shape index (κ2) is 12.5. The van der Waals surface area contributed by atoms with Crippen molar-refractivity contribution in [2.75, 3.05) is 25.0 Å². The van der Waals surface area contributed by atoms with Crippen LogP contribution in [-0.2, 0) is 25.7 Å². The van der Waals surface area contributed by atoms with Gasteiger partial charge < -0.3 is 10.2 Å². The standard InChI is InChI=1S/C20H29N3OS.2C2H6/c1-2-23-11-9-16(10-12-23)25-22-20(24)21-19-17-7-3-5-14(17)13-15-6-4-8-18(15)19;2*1-2/h13,16H,2-12H2,1H3,(H2,21,22,24);2*1-2H3. The molecule has 0 saturated carbocycles. The first-order chi connectivity index (χ1) is 14.2. The number of piperidine rings is 1. The minimum atomic E-state index is -0.0441. The number of likely N-dealkylation sites (tertiary alicyclic amines) is 1. The highest BCUT2D eigenvalue weighted by atomic mass is 32.2. The lowest BCUT2D eigenvalue weighted by Gasteiger charge is -2.30. The zero-order chi connectivity index (χ0) is 21.2. The number of aryl methyl sites for hydroxylation is 2. The second-order valence-corrected chi connectivity index (χ2v) is 8.65. The van der Waals surface area contributed by atoms with Gasteiger partial charge >= 0.3 is 6.03 Å². The molecule has 4 nitrogen and oxygen atoms in total. The molecule has 0 unspecified atom stereocenters. The number of anilines is 1. The molecule has 1 aliphatic heterocycles. The van der Waals surface area contributed by atoms with Gasteiger partial charge in [-0.05, 0) is 105 Å². The van der Waals surface area contributed by atoms with E-state index in [0.29, 0.717) is 5.25 Å². The molecule has 1 fully saturated rings. The third-order valence-electron chi connectivity index (χ3n) is 6.01. The summed E-state index contributed by atoms with van der Waals surface area (Å²) in [5.74, 6) is 0. The molecule has 1 aromatic rings. The molecule has 1 aromatic carbocycles. The first-order valence-electron chi connectivity index (χ1n) is 11.9. The van der Waals surface area contributed by atoms with Crippen molar-refractivity contribution in [3.8, 4) is 0 Å². The molecule has 0 bridgehead atoms. The monoisotopic (exact) mass is 419 g/mol. The molecule has 29 heavy (non-hydrogen) atoms. The van der Waals surface area contributed by atoms with E-state index in [0.717, 1.165) is 51.0 Å². The van der Waals surface area contributed by atoms with Crippen molar-refractivity contribution < 1.29 is 4.79 Å². The Morgan fingerprint density at radius 3 is 2.07 bits per heavy atom. The fourth-order valence-electron chi connectivity index (χ4n) is 4.59. The number of amides is 2. The summed E-state index contributed by atoms with van der Waals surface area (Å²) in [6.07, 6.45) is 9.33. The van der Waals surface area contributed by atoms with Crippen LogP contribution in [0.1, 0.15) is 82.6 Å². The molecular weight excluding hydrogens is 378 g/mol. The van der Waals surface area contributed by atoms with Gasteiger partial charge in [-0.15, -0.1) is 0 Å². The van der Waals surface area contributed by atoms with E-state index in [9.17, 15) is 4.79 Å². The van der Waals surface area contributed by atoms with Gasteiger partial charge in [0, 0.05) is 10.9 Å². The second-order valence-electron chi connectivity index (χ2n) is 7.54. The van der Waals surface area contributed by atoms with Crippen molar-refractivity contribution in [3.63, 3.8) is 0 Å². The Morgan fingerprint density at radius 2 is 1.55 bits per heavy atom. The van der Waals surface area contributed by atoms with Crippen LogP contribution >= 0.6 is 11.9 Å². The molecule has 0 spiro atoms. The number of carbonyl (C=O) groups is 1. The Hall–Kier alpha value is -1.20. The van der Waals surface area contributed by atoms with E-state index in [1.807, 2.05) is 27.7 Å². The SMILES string of the molecule is CC.CC.CCN1CCC(SNC(=O)Nc2c3c(cc4c2CCC4)CCC3)CC1. The number of nitrogens with one attached hydrogen (secondary N) is 2. The number of benzene rings is 1. The first kappa shape index (κ1) is 24.1. The summed E-state index contributed by atoms with van der Waals surface area (Å²) in [7, 11) is 0. The fraction of sp³-hybridized carbons (Fsp3) is 0.708. The molecule has 164 valence electrons. The van der Waals surface area contributed by atoms with Crippen molar-refractivity contribution >= 4 is 23.7 Å². The van der Waals surface area contributed by atoms with Crippen molar-refractivity contribution in [1.29, 1.82) is 0 Å². The van der Waals surface area contributed by atoms with Crippen LogP contribution in [0.25, 0.3) is 0 Å². The van der Waals surface area contributed by atoms with Gasteiger partial charge in [-0.25, -0.2) is 4.79 Å². The Balaban J connectivity index is 0.000000707. The summed E-state index contributed by atoms with van der Waals surface area (Å²) in [6.45, 7) is 13.7. The molecule has 0 aromatic heterocycles. The van der Waals surface area contributed by atoms with E-state index in [1.54, 1.807) is 11.9 Å². The van der Waals surface area contributed by atoms with E-state index >= 15 is 0 Å². The average molecular weight is 420 g/mol. The maximum absolute atomic E-state index is 12.5. The summed E-state index contributed by atoms with van der Waals surface area (Å²) >= 11 is 1.62. The molecule has 1 saturated heterocycles. The maximum atomic E-state index is 12.5. The minimum absolute atomic E-state index is 0.0441. The molecule has 3 aliphatic rings. The van der Waals surface area contributed by atoms with E-state index in [4.69, 9.17) is 0 Å². The Bertz CT molecular complexity index is 622. The molecule has 4 rings (SSSR count). The first-order valence-corrected chi connectivity index (χ1v) is 12.7. The van der Waals surface area contributed by atoms with Gasteiger partial charge in [0.25, 0.3) is 0 Å². The lowest BCUT2D eigenvalue weighted by Crippen LogP contribution is -2.36. The van der Waals surface area contributed by atoms with Crippen molar-refractivity contribution in [3.05, 3.63) is 28.3 Å². The third-order valence-corrected chi connectivity index (χ3v) is 7.12. The summed E-state index contributed by atoms with van der Waals surface area (Å²) in [5, 5.41) is 3.76. The predicted octanol–water partition coefficient (Wildman–Crippen LogP) is 5.97. The van der Waals surface area contributed by atoms with Crippen LogP contribution in [0.5, 0.6) is 0 Å². The lowest BCUT2D eigenvalue weighted by molar-refractivity contribution is 0.243. The maximum Gasteiger partial charge on any atom is 0.329 e. The number of nitrogens with zero attached hydrogens (tertiary/aromatic N) is 1. The fourth-order valence-corrected chi connectivity index (χ4v) is 5.36. The number of carbonyl (C=O) groups excluding carboxylic acids is 1. The van der Waals surface area contributed by atoms with Crippen LogP contribution in [0, 0.1) is 0 Å². The van der Waals surface area contributed by atoms with E-state index in [1.165, 1.54) is 47.9 Å². The molecule has 2 amide bonds. The van der Waals surface area contributed by atoms with Crippen molar-refractivity contribution in [2.45, 2.75) is 91.2 Å². The highest BCUT2D eigenvalue weighted by Gasteiger charge is 2.25. The lowest BCUT2D eigenvalue weighted by atomic mass is 9.99. The van der Waals surface area contributed by atoms with E-state index in [2.05, 4.69) is 27.9 Å². The average Bonchev–Trinajstić information content (AvgIpc) is 3.45. The normalized spacial score (nSPS) is 18.0. The highest BCUT2D eigenvalue weighted by Crippen LogP contribution is 2.38. The van der Waals surface area contributed by atoms with Gasteiger partial charge in [-0.2, -0.15) is 0 Å². The Labute approximate surface area is 182 Å². The minimum Gasteiger partial charge on any atom is -0.307 e. The van der Waals surface area contributed by atoms with Gasteiger partial charge in [0.15, 0.2) is 0 Å². The molecule has 2 N–H and O–H groups in total. The molecular formula is C24H41N3OS. The zero-order valence-electron chi connectivity index (χ0n) is 19.2. The third kappa shape index (κ3) is 6.14. The van der Waals surface area contributed by atoms with Gasteiger partial charge in [0.2, 0.25) is 0 Å².